The molecule has 1 amide bonds. The number of ether oxygens (including phenoxy) is 3. The Morgan fingerprint density at radius 3 is 2.05 bits per heavy atom. The van der Waals surface area contributed by atoms with Crippen LogP contribution < -0.4 is 5.32 Å². The zero-order chi connectivity index (χ0) is 28.7. The van der Waals surface area contributed by atoms with Crippen LogP contribution >= 0.6 is 0 Å². The molecule has 0 fully saturated rings. The molecular weight excluding hydrogens is 508 g/mol. The Hall–Kier alpha value is -4.85. The molecule has 0 aliphatic carbocycles. The van der Waals surface area contributed by atoms with Gasteiger partial charge < -0.3 is 14.2 Å². The minimum atomic E-state index is -0.808. The fourth-order valence-electron chi connectivity index (χ4n) is 3.93. The second-order valence-corrected chi connectivity index (χ2v) is 10.3. The molecule has 0 saturated heterocycles. The monoisotopic (exact) mass is 540 g/mol. The van der Waals surface area contributed by atoms with Crippen LogP contribution in [0.5, 0.6) is 0 Å². The molecule has 0 aliphatic rings. The van der Waals surface area contributed by atoms with Crippen LogP contribution in [0.3, 0.4) is 0 Å². The van der Waals surface area contributed by atoms with Crippen molar-refractivity contribution in [2.24, 2.45) is 0 Å². The molecule has 1 aromatic heterocycles. The first-order valence-corrected chi connectivity index (χ1v) is 12.8. The van der Waals surface area contributed by atoms with Crippen molar-refractivity contribution in [3.05, 3.63) is 113 Å². The summed E-state index contributed by atoms with van der Waals surface area (Å²) in [5.74, 6) is -0.755. The van der Waals surface area contributed by atoms with Crippen molar-refractivity contribution in [2.75, 3.05) is 0 Å². The Bertz CT molecular complexity index is 1530. The minimum Gasteiger partial charge on any atom is -0.456 e. The number of esters is 1. The number of fused-ring (bicyclic) bond motifs is 1. The summed E-state index contributed by atoms with van der Waals surface area (Å²) in [5.41, 5.74) is 2.77. The standard InChI is InChI=1S/C32H32N2O6/c1-22-15-16-26-25(19-34(28(26)17-22)31(37)39-21-24-13-9-6-10-14-24)18-27(33-30(36)40-32(2,3)4)29(35)38-20-23-11-7-5-8-12-23/h5-19H,20-21H2,1-4H3,(H,33,36)/b27-18-. The van der Waals surface area contributed by atoms with Crippen LogP contribution in [0.25, 0.3) is 17.0 Å². The van der Waals surface area contributed by atoms with Gasteiger partial charge in [-0.3, -0.25) is 9.88 Å². The summed E-state index contributed by atoms with van der Waals surface area (Å²) in [4.78, 5) is 38.9. The van der Waals surface area contributed by atoms with Gasteiger partial charge in [0, 0.05) is 17.1 Å². The number of alkyl carbamates (subject to hydrolysis) is 1. The fourth-order valence-corrected chi connectivity index (χ4v) is 3.93. The van der Waals surface area contributed by atoms with Gasteiger partial charge in [-0.15, -0.1) is 0 Å². The summed E-state index contributed by atoms with van der Waals surface area (Å²) >= 11 is 0. The number of carbonyl (C=O) groups excluding carboxylic acids is 3. The van der Waals surface area contributed by atoms with Crippen LogP contribution in [0.1, 0.15) is 43.0 Å². The third-order valence-corrected chi connectivity index (χ3v) is 5.76. The maximum atomic E-state index is 13.2. The molecule has 4 rings (SSSR count). The topological polar surface area (TPSA) is 95.9 Å². The Balaban J connectivity index is 1.67. The van der Waals surface area contributed by atoms with Crippen molar-refractivity contribution >= 4 is 35.1 Å². The summed E-state index contributed by atoms with van der Waals surface area (Å²) in [5, 5.41) is 3.20. The number of carbonyl (C=O) groups is 3. The lowest BCUT2D eigenvalue weighted by molar-refractivity contribution is -0.140. The van der Waals surface area contributed by atoms with Crippen LogP contribution in [0.4, 0.5) is 9.59 Å². The number of benzene rings is 3. The smallest absolute Gasteiger partial charge is 0.418 e. The molecule has 0 spiro atoms. The van der Waals surface area contributed by atoms with E-state index in [4.69, 9.17) is 14.2 Å². The second-order valence-electron chi connectivity index (χ2n) is 10.3. The maximum Gasteiger partial charge on any atom is 0.418 e. The fraction of sp³-hybridized carbons (Fsp3) is 0.219. The van der Waals surface area contributed by atoms with Gasteiger partial charge in [0.2, 0.25) is 0 Å². The first-order valence-electron chi connectivity index (χ1n) is 12.8. The molecule has 8 nitrogen and oxygen atoms in total. The largest absolute Gasteiger partial charge is 0.456 e. The van der Waals surface area contributed by atoms with Gasteiger partial charge in [-0.1, -0.05) is 72.8 Å². The number of amides is 1. The van der Waals surface area contributed by atoms with Crippen LogP contribution in [0.2, 0.25) is 0 Å². The zero-order valence-corrected chi connectivity index (χ0v) is 23.0. The highest BCUT2D eigenvalue weighted by Gasteiger charge is 2.22. The lowest BCUT2D eigenvalue weighted by Gasteiger charge is -2.20. The zero-order valence-electron chi connectivity index (χ0n) is 23.0. The average molecular weight is 541 g/mol. The minimum absolute atomic E-state index is 0.0137. The molecule has 3 aromatic carbocycles. The van der Waals surface area contributed by atoms with Crippen LogP contribution in [-0.4, -0.2) is 28.3 Å². The molecule has 0 bridgehead atoms. The lowest BCUT2D eigenvalue weighted by atomic mass is 10.1. The Morgan fingerprint density at radius 2 is 1.45 bits per heavy atom. The van der Waals surface area contributed by atoms with E-state index in [1.165, 1.54) is 10.6 Å². The van der Waals surface area contributed by atoms with E-state index in [9.17, 15) is 14.4 Å². The van der Waals surface area contributed by atoms with E-state index < -0.39 is 23.8 Å². The number of hydrogen-bond acceptors (Lipinski definition) is 6. The molecule has 0 aliphatic heterocycles. The number of rotatable bonds is 7. The predicted octanol–water partition coefficient (Wildman–Crippen LogP) is 6.74. The molecule has 1 N–H and O–H groups in total. The summed E-state index contributed by atoms with van der Waals surface area (Å²) in [6.45, 7) is 7.20. The highest BCUT2D eigenvalue weighted by Crippen LogP contribution is 2.26. The highest BCUT2D eigenvalue weighted by atomic mass is 16.6. The number of hydrogen-bond donors (Lipinski definition) is 1. The van der Waals surface area contributed by atoms with Gasteiger partial charge in [0.15, 0.2) is 0 Å². The van der Waals surface area contributed by atoms with E-state index in [0.717, 1.165) is 16.7 Å². The predicted molar refractivity (Wildman–Crippen MR) is 152 cm³/mol. The molecule has 0 atom stereocenters. The quantitative estimate of drug-likeness (QED) is 0.158. The van der Waals surface area contributed by atoms with E-state index in [2.05, 4.69) is 5.32 Å². The molecule has 40 heavy (non-hydrogen) atoms. The van der Waals surface area contributed by atoms with Gasteiger partial charge in [0.05, 0.1) is 5.52 Å². The molecule has 0 unspecified atom stereocenters. The Labute approximate surface area is 233 Å². The Kier molecular flexibility index (Phi) is 8.69. The molecule has 8 heteroatoms. The van der Waals surface area contributed by atoms with Crippen molar-refractivity contribution in [3.8, 4) is 0 Å². The number of nitrogens with zero attached hydrogens (tertiary/aromatic N) is 1. The van der Waals surface area contributed by atoms with E-state index in [0.29, 0.717) is 16.5 Å². The molecule has 4 aromatic rings. The summed E-state index contributed by atoms with van der Waals surface area (Å²) < 4.78 is 17.8. The lowest BCUT2D eigenvalue weighted by Crippen LogP contribution is -2.34. The van der Waals surface area contributed by atoms with Gasteiger partial charge in [-0.2, -0.15) is 0 Å². The van der Waals surface area contributed by atoms with E-state index in [1.54, 1.807) is 27.0 Å². The van der Waals surface area contributed by atoms with Gasteiger partial charge in [0.25, 0.3) is 0 Å². The van der Waals surface area contributed by atoms with Crippen molar-refractivity contribution in [1.29, 1.82) is 0 Å². The summed E-state index contributed by atoms with van der Waals surface area (Å²) in [7, 11) is 0. The number of nitrogens with one attached hydrogen (secondary N) is 1. The Morgan fingerprint density at radius 1 is 0.850 bits per heavy atom. The van der Waals surface area contributed by atoms with E-state index in [-0.39, 0.29) is 18.9 Å². The van der Waals surface area contributed by atoms with Crippen LogP contribution in [0.15, 0.2) is 90.8 Å². The molecule has 0 saturated carbocycles. The molecular formula is C32H32N2O6. The van der Waals surface area contributed by atoms with Crippen molar-refractivity contribution in [2.45, 2.75) is 46.5 Å². The first-order chi connectivity index (χ1) is 19.1. The molecule has 206 valence electrons. The van der Waals surface area contributed by atoms with Gasteiger partial charge in [-0.25, -0.2) is 14.4 Å². The molecule has 1 heterocycles. The average Bonchev–Trinajstić information content (AvgIpc) is 3.27. The number of aromatic nitrogens is 1. The van der Waals surface area contributed by atoms with E-state index in [1.807, 2.05) is 85.8 Å². The first kappa shape index (κ1) is 28.2. The summed E-state index contributed by atoms with van der Waals surface area (Å²) in [6, 6.07) is 24.2. The second kappa shape index (κ2) is 12.3. The van der Waals surface area contributed by atoms with Gasteiger partial charge in [-0.05, 0) is 56.5 Å². The summed E-state index contributed by atoms with van der Waals surface area (Å²) in [6.07, 6.45) is 1.65. The maximum absolute atomic E-state index is 13.2. The third kappa shape index (κ3) is 7.60. The third-order valence-electron chi connectivity index (χ3n) is 5.76. The highest BCUT2D eigenvalue weighted by molar-refractivity contribution is 6.02. The molecule has 0 radical (unpaired) electrons. The van der Waals surface area contributed by atoms with Gasteiger partial charge >= 0.3 is 18.2 Å². The van der Waals surface area contributed by atoms with E-state index >= 15 is 0 Å². The SMILES string of the molecule is Cc1ccc2c(/C=C(\NC(=O)OC(C)(C)C)C(=O)OCc3ccccc3)cn(C(=O)OCc3ccccc3)c2c1. The number of aryl methyl sites for hydroxylation is 1. The van der Waals surface area contributed by atoms with Gasteiger partial charge in [0.1, 0.15) is 24.5 Å². The van der Waals surface area contributed by atoms with Crippen LogP contribution in [0, 0.1) is 6.92 Å². The van der Waals surface area contributed by atoms with Crippen molar-refractivity contribution < 1.29 is 28.6 Å². The van der Waals surface area contributed by atoms with Crippen molar-refractivity contribution in [3.63, 3.8) is 0 Å². The normalized spacial score (nSPS) is 11.7. The van der Waals surface area contributed by atoms with Crippen molar-refractivity contribution in [1.82, 2.24) is 9.88 Å². The van der Waals surface area contributed by atoms with Crippen LogP contribution in [-0.2, 0) is 32.2 Å².